The average Bonchev–Trinajstić information content (AvgIpc) is 3.35. The van der Waals surface area contributed by atoms with Crippen LogP contribution in [0.25, 0.3) is 0 Å². The highest BCUT2D eigenvalue weighted by Crippen LogP contribution is 2.65. The Hall–Kier alpha value is -2.30. The second-order valence-corrected chi connectivity index (χ2v) is 9.13. The normalized spacial score (nSPS) is 30.0. The SMILES string of the molecule is CC1C2B(O)Oc3c(ccc(OC4CN(C(=O)C[C@@H]5CN(C)CCO5)C4)c3C(=O)O)C12. The van der Waals surface area contributed by atoms with E-state index in [1.54, 1.807) is 11.0 Å². The second kappa shape index (κ2) is 7.68. The van der Waals surface area contributed by atoms with Gasteiger partial charge in [-0.2, -0.15) is 0 Å². The number of carboxylic acid groups (broad SMARTS) is 1. The largest absolute Gasteiger partial charge is 0.535 e. The molecule has 1 aliphatic carbocycles. The molecule has 4 atom stereocenters. The molecule has 2 saturated heterocycles. The van der Waals surface area contributed by atoms with Crippen molar-refractivity contribution in [3.63, 3.8) is 0 Å². The Morgan fingerprint density at radius 2 is 2.06 bits per heavy atom. The molecular formula is C21H27BN2O7. The van der Waals surface area contributed by atoms with Gasteiger partial charge >= 0.3 is 13.1 Å². The quantitative estimate of drug-likeness (QED) is 0.657. The van der Waals surface area contributed by atoms with Gasteiger partial charge in [-0.25, -0.2) is 4.79 Å². The number of morpholine rings is 1. The minimum atomic E-state index is -1.16. The molecular weight excluding hydrogens is 403 g/mol. The maximum absolute atomic E-state index is 12.5. The standard InChI is InChI=1S/C21H27BN2O7/c1-11-17-14-3-4-15(18(21(26)27)20(14)31-22(28)19(11)17)30-13-9-24(10-13)16(25)7-12-8-23(2)5-6-29-12/h3-4,11-13,17,19,28H,5-10H2,1-2H3,(H,26,27)/t11?,12-,17?,19?/m1/s1. The number of amides is 1. The number of likely N-dealkylation sites (tertiary alicyclic amines) is 1. The van der Waals surface area contributed by atoms with Crippen molar-refractivity contribution >= 4 is 19.0 Å². The number of fused-ring (bicyclic) bond motifs is 3. The summed E-state index contributed by atoms with van der Waals surface area (Å²) in [6, 6.07) is 3.50. The number of carbonyl (C=O) groups is 2. The first kappa shape index (κ1) is 20.6. The van der Waals surface area contributed by atoms with Crippen molar-refractivity contribution in [2.45, 2.75) is 37.3 Å². The predicted molar refractivity (Wildman–Crippen MR) is 111 cm³/mol. The summed E-state index contributed by atoms with van der Waals surface area (Å²) < 4.78 is 17.2. The minimum absolute atomic E-state index is 0.0139. The zero-order chi connectivity index (χ0) is 21.9. The van der Waals surface area contributed by atoms with Crippen molar-refractivity contribution in [1.29, 1.82) is 0 Å². The Morgan fingerprint density at radius 1 is 1.29 bits per heavy atom. The molecule has 1 saturated carbocycles. The fourth-order valence-electron chi connectivity index (χ4n) is 5.10. The highest BCUT2D eigenvalue weighted by atomic mass is 16.5. The number of carboxylic acids is 1. The fraction of sp³-hybridized carbons (Fsp3) is 0.619. The molecule has 0 bridgehead atoms. The number of carbonyl (C=O) groups excluding carboxylic acids is 1. The van der Waals surface area contributed by atoms with Crippen LogP contribution in [0, 0.1) is 5.92 Å². The van der Waals surface area contributed by atoms with Gasteiger partial charge in [0.1, 0.15) is 23.2 Å². The van der Waals surface area contributed by atoms with Gasteiger partial charge in [0.05, 0.1) is 32.2 Å². The molecule has 4 aliphatic rings. The number of ether oxygens (including phenoxy) is 2. The topological polar surface area (TPSA) is 109 Å². The minimum Gasteiger partial charge on any atom is -0.535 e. The van der Waals surface area contributed by atoms with Crippen LogP contribution in [0.4, 0.5) is 0 Å². The summed E-state index contributed by atoms with van der Waals surface area (Å²) in [6.07, 6.45) is -0.0400. The van der Waals surface area contributed by atoms with E-state index in [1.165, 1.54) is 0 Å². The van der Waals surface area contributed by atoms with Crippen LogP contribution in [0.15, 0.2) is 12.1 Å². The zero-order valence-corrected chi connectivity index (χ0v) is 17.7. The summed E-state index contributed by atoms with van der Waals surface area (Å²) in [5.41, 5.74) is 0.757. The maximum atomic E-state index is 12.5. The molecule has 0 radical (unpaired) electrons. The van der Waals surface area contributed by atoms with E-state index in [-0.39, 0.29) is 52.8 Å². The third-order valence-corrected chi connectivity index (χ3v) is 6.98. The third-order valence-electron chi connectivity index (χ3n) is 6.98. The molecule has 1 amide bonds. The monoisotopic (exact) mass is 430 g/mol. The lowest BCUT2D eigenvalue weighted by Gasteiger charge is -2.40. The van der Waals surface area contributed by atoms with E-state index in [1.807, 2.05) is 20.0 Å². The number of aromatic carboxylic acids is 1. The first-order valence-corrected chi connectivity index (χ1v) is 10.8. The summed E-state index contributed by atoms with van der Waals surface area (Å²) in [6.45, 7) is 5.08. The Morgan fingerprint density at radius 3 is 2.77 bits per heavy atom. The van der Waals surface area contributed by atoms with Crippen molar-refractivity contribution < 1.29 is 33.8 Å². The van der Waals surface area contributed by atoms with E-state index in [2.05, 4.69) is 4.90 Å². The highest BCUT2D eigenvalue weighted by molar-refractivity contribution is 6.48. The molecule has 3 heterocycles. The Bertz CT molecular complexity index is 906. The summed E-state index contributed by atoms with van der Waals surface area (Å²) in [5.74, 6) is -0.345. The van der Waals surface area contributed by atoms with Crippen LogP contribution >= 0.6 is 0 Å². The molecule has 166 valence electrons. The van der Waals surface area contributed by atoms with Gasteiger partial charge in [0.25, 0.3) is 0 Å². The van der Waals surface area contributed by atoms with E-state index in [9.17, 15) is 19.7 Å². The van der Waals surface area contributed by atoms with E-state index in [0.29, 0.717) is 26.1 Å². The third kappa shape index (κ3) is 3.66. The molecule has 3 fully saturated rings. The van der Waals surface area contributed by atoms with Gasteiger partial charge in [0.15, 0.2) is 0 Å². The van der Waals surface area contributed by atoms with Crippen LogP contribution in [0.1, 0.15) is 35.2 Å². The van der Waals surface area contributed by atoms with Gasteiger partial charge in [-0.3, -0.25) is 4.79 Å². The molecule has 1 aromatic rings. The van der Waals surface area contributed by atoms with Gasteiger partial charge < -0.3 is 34.1 Å². The van der Waals surface area contributed by atoms with E-state index < -0.39 is 13.1 Å². The number of rotatable bonds is 5. The van der Waals surface area contributed by atoms with Gasteiger partial charge in [-0.05, 0) is 30.5 Å². The summed E-state index contributed by atoms with van der Waals surface area (Å²) in [4.78, 5) is 28.3. The van der Waals surface area contributed by atoms with Gasteiger partial charge in [0.2, 0.25) is 5.91 Å². The molecule has 31 heavy (non-hydrogen) atoms. The van der Waals surface area contributed by atoms with Crippen LogP contribution < -0.4 is 9.39 Å². The lowest BCUT2D eigenvalue weighted by atomic mass is 9.76. The summed E-state index contributed by atoms with van der Waals surface area (Å²) >= 11 is 0. The van der Waals surface area contributed by atoms with E-state index in [4.69, 9.17) is 14.1 Å². The smallest absolute Gasteiger partial charge is 0.526 e. The van der Waals surface area contributed by atoms with Crippen LogP contribution in [-0.4, -0.2) is 91.0 Å². The number of benzene rings is 1. The van der Waals surface area contributed by atoms with Crippen molar-refractivity contribution in [2.75, 3.05) is 39.8 Å². The van der Waals surface area contributed by atoms with E-state index >= 15 is 0 Å². The molecule has 0 spiro atoms. The predicted octanol–water partition coefficient (Wildman–Crippen LogP) is 0.672. The zero-order valence-electron chi connectivity index (χ0n) is 17.7. The molecule has 9 nitrogen and oxygen atoms in total. The second-order valence-electron chi connectivity index (χ2n) is 9.13. The van der Waals surface area contributed by atoms with Crippen molar-refractivity contribution in [3.05, 3.63) is 23.3 Å². The molecule has 5 rings (SSSR count). The van der Waals surface area contributed by atoms with Crippen molar-refractivity contribution in [2.24, 2.45) is 5.92 Å². The van der Waals surface area contributed by atoms with Crippen LogP contribution in [0.3, 0.4) is 0 Å². The van der Waals surface area contributed by atoms with Gasteiger partial charge in [-0.1, -0.05) is 13.0 Å². The summed E-state index contributed by atoms with van der Waals surface area (Å²) in [5, 5.41) is 20.0. The fourth-order valence-corrected chi connectivity index (χ4v) is 5.10. The Kier molecular flexibility index (Phi) is 5.11. The van der Waals surface area contributed by atoms with Gasteiger partial charge in [0, 0.05) is 18.9 Å². The number of likely N-dealkylation sites (N-methyl/N-ethyl adjacent to an activating group) is 1. The molecule has 0 aromatic heterocycles. The number of nitrogens with zero attached hydrogens (tertiary/aromatic N) is 2. The first-order valence-electron chi connectivity index (χ1n) is 10.8. The Labute approximate surface area is 181 Å². The van der Waals surface area contributed by atoms with Crippen LogP contribution in [0.5, 0.6) is 11.5 Å². The molecule has 3 unspecified atom stereocenters. The van der Waals surface area contributed by atoms with Gasteiger partial charge in [-0.15, -0.1) is 0 Å². The number of hydrogen-bond donors (Lipinski definition) is 2. The van der Waals surface area contributed by atoms with Crippen molar-refractivity contribution in [3.8, 4) is 11.5 Å². The first-order chi connectivity index (χ1) is 14.8. The molecule has 2 N–H and O–H groups in total. The maximum Gasteiger partial charge on any atom is 0.526 e. The summed E-state index contributed by atoms with van der Waals surface area (Å²) in [7, 11) is 1.01. The van der Waals surface area contributed by atoms with Crippen LogP contribution in [0.2, 0.25) is 5.82 Å². The van der Waals surface area contributed by atoms with Crippen LogP contribution in [-0.2, 0) is 9.53 Å². The molecule has 3 aliphatic heterocycles. The lowest BCUT2D eigenvalue weighted by molar-refractivity contribution is -0.144. The van der Waals surface area contributed by atoms with Crippen molar-refractivity contribution in [1.82, 2.24) is 9.80 Å². The average molecular weight is 430 g/mol. The highest BCUT2D eigenvalue weighted by Gasteiger charge is 2.60. The molecule has 1 aromatic carbocycles. The van der Waals surface area contributed by atoms with E-state index in [0.717, 1.165) is 18.7 Å². The number of hydrogen-bond acceptors (Lipinski definition) is 7. The lowest BCUT2D eigenvalue weighted by Crippen LogP contribution is -2.57. The Balaban J connectivity index is 1.23. The molecule has 10 heteroatoms.